The number of carboxylic acid groups (broad SMARTS) is 1. The van der Waals surface area contributed by atoms with Crippen molar-refractivity contribution in [1.29, 1.82) is 0 Å². The van der Waals surface area contributed by atoms with Crippen LogP contribution in [0, 0.1) is 5.82 Å². The molecule has 9 nitrogen and oxygen atoms in total. The first kappa shape index (κ1) is 21.3. The van der Waals surface area contributed by atoms with Gasteiger partial charge in [0.2, 0.25) is 5.95 Å². The molecule has 2 aromatic carbocycles. The van der Waals surface area contributed by atoms with Crippen LogP contribution >= 0.6 is 0 Å². The second-order valence-electron chi connectivity index (χ2n) is 6.43. The predicted molar refractivity (Wildman–Crippen MR) is 113 cm³/mol. The molecule has 0 saturated heterocycles. The molecular weight excluding hydrogens is 413 g/mol. The fourth-order valence-electron chi connectivity index (χ4n) is 2.78. The zero-order valence-corrected chi connectivity index (χ0v) is 17.0. The van der Waals surface area contributed by atoms with E-state index in [4.69, 9.17) is 9.84 Å². The van der Waals surface area contributed by atoms with Crippen LogP contribution in [0.4, 0.5) is 20.8 Å². The van der Waals surface area contributed by atoms with Gasteiger partial charge in [0.15, 0.2) is 5.82 Å². The third-order valence-corrected chi connectivity index (χ3v) is 5.51. The number of thiol groups is 1. The first-order valence-electron chi connectivity index (χ1n) is 8.69. The molecule has 0 unspecified atom stereocenters. The molecule has 3 N–H and O–H groups in total. The van der Waals surface area contributed by atoms with Crippen molar-refractivity contribution in [1.82, 2.24) is 15.0 Å². The quantitative estimate of drug-likeness (QED) is 0.432. The zero-order chi connectivity index (χ0) is 21.7. The molecule has 11 heteroatoms. The van der Waals surface area contributed by atoms with Gasteiger partial charge >= 0.3 is 6.09 Å². The summed E-state index contributed by atoms with van der Waals surface area (Å²) in [5.41, 5.74) is 1.85. The molecule has 1 aromatic heterocycles. The highest BCUT2D eigenvalue weighted by atomic mass is 32.3. The molecule has 0 spiro atoms. The SMILES string of the molecule is COc1cc(F)ccc1-c1ncnc(Nc2cccc(C[SH](C)(O)=NC(=O)O)c2)n1. The molecule has 158 valence electrons. The summed E-state index contributed by atoms with van der Waals surface area (Å²) in [5, 5.41) is 11.8. The van der Waals surface area contributed by atoms with E-state index >= 15 is 0 Å². The molecule has 0 aliphatic heterocycles. The number of ether oxygens (including phenoxy) is 1. The Morgan fingerprint density at radius 1 is 1.27 bits per heavy atom. The van der Waals surface area contributed by atoms with Crippen molar-refractivity contribution in [3.8, 4) is 17.1 Å². The lowest BCUT2D eigenvalue weighted by atomic mass is 10.2. The Kier molecular flexibility index (Phi) is 6.33. The van der Waals surface area contributed by atoms with Gasteiger partial charge in [0.25, 0.3) is 0 Å². The minimum absolute atomic E-state index is 0.115. The van der Waals surface area contributed by atoms with Crippen LogP contribution in [0.25, 0.3) is 11.4 Å². The summed E-state index contributed by atoms with van der Waals surface area (Å²) in [7, 11) is -1.54. The molecule has 30 heavy (non-hydrogen) atoms. The fourth-order valence-corrected chi connectivity index (χ4v) is 4.11. The summed E-state index contributed by atoms with van der Waals surface area (Å²) in [6.45, 7) is 0. The number of hydrogen-bond acceptors (Lipinski definition) is 6. The van der Waals surface area contributed by atoms with Crippen molar-refractivity contribution in [3.63, 3.8) is 0 Å². The molecule has 0 aliphatic rings. The van der Waals surface area contributed by atoms with Gasteiger partial charge in [-0.2, -0.15) is 9.35 Å². The number of amides is 1. The van der Waals surface area contributed by atoms with Gasteiger partial charge in [-0.25, -0.2) is 19.2 Å². The van der Waals surface area contributed by atoms with Crippen molar-refractivity contribution in [2.24, 2.45) is 4.36 Å². The Labute approximate surface area is 172 Å². The standard InChI is InChI=1S/C19H20FN5O4S/c1-29-16-9-13(20)6-7-15(16)17-21-11-22-18(24-17)23-14-5-3-4-12(8-14)10-30(2,28)25-19(26)27/h3-9,11,30H,10H2,1-2H3,(H,25,28)(H,26,27)(H,21,22,23,24). The van der Waals surface area contributed by atoms with E-state index in [0.29, 0.717) is 28.4 Å². The van der Waals surface area contributed by atoms with Gasteiger partial charge < -0.3 is 19.7 Å². The van der Waals surface area contributed by atoms with E-state index in [0.717, 1.165) is 0 Å². The Morgan fingerprint density at radius 2 is 2.07 bits per heavy atom. The summed E-state index contributed by atoms with van der Waals surface area (Å²) in [4.78, 5) is 23.3. The normalized spacial score (nSPS) is 11.6. The zero-order valence-electron chi connectivity index (χ0n) is 16.2. The highest BCUT2D eigenvalue weighted by Gasteiger charge is 2.12. The van der Waals surface area contributed by atoms with Crippen molar-refractivity contribution >= 4 is 27.8 Å². The maximum absolute atomic E-state index is 13.4. The second-order valence-corrected chi connectivity index (χ2v) is 9.13. The summed E-state index contributed by atoms with van der Waals surface area (Å²) in [6, 6.07) is 11.1. The van der Waals surface area contributed by atoms with Gasteiger partial charge in [0.1, 0.15) is 17.9 Å². The Balaban J connectivity index is 1.85. The van der Waals surface area contributed by atoms with Crippen LogP contribution in [-0.2, 0) is 15.9 Å². The molecule has 0 radical (unpaired) electrons. The Morgan fingerprint density at radius 3 is 2.80 bits per heavy atom. The molecule has 3 aromatic rings. The van der Waals surface area contributed by atoms with Crippen LogP contribution < -0.4 is 10.1 Å². The van der Waals surface area contributed by atoms with E-state index in [-0.39, 0.29) is 11.7 Å². The maximum atomic E-state index is 13.4. The number of anilines is 2. The van der Waals surface area contributed by atoms with Crippen LogP contribution in [0.3, 0.4) is 0 Å². The Bertz CT molecular complexity index is 1140. The monoisotopic (exact) mass is 433 g/mol. The average Bonchev–Trinajstić information content (AvgIpc) is 2.67. The topological polar surface area (TPSA) is 130 Å². The number of aromatic nitrogens is 3. The molecule has 0 fully saturated rings. The molecule has 0 bridgehead atoms. The molecule has 0 saturated carbocycles. The minimum Gasteiger partial charge on any atom is -0.496 e. The van der Waals surface area contributed by atoms with E-state index in [1.54, 1.807) is 24.3 Å². The van der Waals surface area contributed by atoms with Crippen molar-refractivity contribution in [2.45, 2.75) is 5.75 Å². The van der Waals surface area contributed by atoms with E-state index in [1.165, 1.54) is 37.9 Å². The number of nitrogens with one attached hydrogen (secondary N) is 1. The molecule has 0 atom stereocenters. The van der Waals surface area contributed by atoms with Gasteiger partial charge in [0, 0.05) is 17.5 Å². The number of carbonyl (C=O) groups is 1. The number of methoxy groups -OCH3 is 1. The van der Waals surface area contributed by atoms with E-state index in [2.05, 4.69) is 24.6 Å². The summed E-state index contributed by atoms with van der Waals surface area (Å²) < 4.78 is 32.2. The predicted octanol–water partition coefficient (Wildman–Crippen LogP) is 3.78. The van der Waals surface area contributed by atoms with Gasteiger partial charge in [-0.15, -0.1) is 0 Å². The molecule has 1 heterocycles. The van der Waals surface area contributed by atoms with Gasteiger partial charge in [0.05, 0.1) is 12.7 Å². The van der Waals surface area contributed by atoms with Crippen LogP contribution in [0.15, 0.2) is 53.2 Å². The second kappa shape index (κ2) is 8.93. The Hall–Kier alpha value is -3.44. The molecule has 0 aliphatic carbocycles. The smallest absolute Gasteiger partial charge is 0.437 e. The number of benzene rings is 2. The van der Waals surface area contributed by atoms with E-state index < -0.39 is 22.0 Å². The van der Waals surface area contributed by atoms with Gasteiger partial charge in [-0.1, -0.05) is 22.2 Å². The van der Waals surface area contributed by atoms with E-state index in [1.807, 2.05) is 0 Å². The highest BCUT2D eigenvalue weighted by molar-refractivity contribution is 7.98. The van der Waals surface area contributed by atoms with Gasteiger partial charge in [-0.05, 0) is 36.1 Å². The highest BCUT2D eigenvalue weighted by Crippen LogP contribution is 2.28. The van der Waals surface area contributed by atoms with Crippen molar-refractivity contribution in [3.05, 3.63) is 60.2 Å². The van der Waals surface area contributed by atoms with Crippen LogP contribution in [0.1, 0.15) is 5.56 Å². The summed E-state index contributed by atoms with van der Waals surface area (Å²) >= 11 is 0. The van der Waals surface area contributed by atoms with Crippen LogP contribution in [0.2, 0.25) is 0 Å². The number of rotatable bonds is 6. The first-order chi connectivity index (χ1) is 14.3. The number of nitrogens with zero attached hydrogens (tertiary/aromatic N) is 4. The van der Waals surface area contributed by atoms with Crippen LogP contribution in [-0.4, -0.2) is 44.1 Å². The lowest BCUT2D eigenvalue weighted by Crippen LogP contribution is -2.13. The molecule has 1 amide bonds. The third kappa shape index (κ3) is 5.55. The molecular formula is C19H20FN5O4S. The number of halogens is 1. The summed E-state index contributed by atoms with van der Waals surface area (Å²) in [6.07, 6.45) is 1.35. The van der Waals surface area contributed by atoms with Gasteiger partial charge in [-0.3, -0.25) is 0 Å². The van der Waals surface area contributed by atoms with Crippen LogP contribution in [0.5, 0.6) is 5.75 Å². The lowest BCUT2D eigenvalue weighted by molar-refractivity contribution is 0.206. The fraction of sp³-hybridized carbons (Fsp3) is 0.158. The molecule has 3 rings (SSSR count). The average molecular weight is 433 g/mol. The first-order valence-corrected chi connectivity index (χ1v) is 11.0. The maximum Gasteiger partial charge on any atom is 0.437 e. The van der Waals surface area contributed by atoms with E-state index in [9.17, 15) is 13.7 Å². The third-order valence-electron chi connectivity index (χ3n) is 3.94. The van der Waals surface area contributed by atoms with Crippen molar-refractivity contribution in [2.75, 3.05) is 18.7 Å². The lowest BCUT2D eigenvalue weighted by Gasteiger charge is -2.17. The minimum atomic E-state index is -2.97. The summed E-state index contributed by atoms with van der Waals surface area (Å²) in [5.74, 6) is 0.523. The largest absolute Gasteiger partial charge is 0.496 e. The van der Waals surface area contributed by atoms with Crippen molar-refractivity contribution < 1.29 is 23.6 Å². The number of hydrogen-bond donors (Lipinski definition) is 4.